The molecule has 0 aromatic carbocycles. The lowest BCUT2D eigenvalue weighted by atomic mass is 10.2. The minimum Gasteiger partial charge on any atom is -0.396 e. The van der Waals surface area contributed by atoms with Crippen LogP contribution >= 0.6 is 15.9 Å². The summed E-state index contributed by atoms with van der Waals surface area (Å²) in [4.78, 5) is 11.8. The number of halogens is 1. The van der Waals surface area contributed by atoms with Crippen LogP contribution in [0.3, 0.4) is 0 Å². The zero-order valence-corrected chi connectivity index (χ0v) is 11.1. The average Bonchev–Trinajstić information content (AvgIpc) is 2.29. The van der Waals surface area contributed by atoms with Crippen LogP contribution in [0.2, 0.25) is 0 Å². The third-order valence-corrected chi connectivity index (χ3v) is 3.03. The molecule has 96 valence electrons. The van der Waals surface area contributed by atoms with Gasteiger partial charge in [-0.2, -0.15) is 5.10 Å². The molecule has 0 aliphatic carbocycles. The van der Waals surface area contributed by atoms with Gasteiger partial charge in [0.1, 0.15) is 4.47 Å². The first-order valence-corrected chi connectivity index (χ1v) is 6.13. The molecule has 1 heterocycles. The Bertz CT molecular complexity index is 422. The fraction of sp³-hybridized carbons (Fsp3) is 0.600. The summed E-state index contributed by atoms with van der Waals surface area (Å²) in [6.45, 7) is 2.03. The summed E-state index contributed by atoms with van der Waals surface area (Å²) in [6.07, 6.45) is 2.11. The Balaban J connectivity index is 2.89. The van der Waals surface area contributed by atoms with Crippen molar-refractivity contribution in [2.45, 2.75) is 25.9 Å². The highest BCUT2D eigenvalue weighted by atomic mass is 79.9. The van der Waals surface area contributed by atoms with Gasteiger partial charge in [0.25, 0.3) is 5.56 Å². The molecule has 0 amide bonds. The summed E-state index contributed by atoms with van der Waals surface area (Å²) in [7, 11) is 0. The maximum absolute atomic E-state index is 11.8. The van der Waals surface area contributed by atoms with Gasteiger partial charge in [0.2, 0.25) is 0 Å². The maximum atomic E-state index is 11.8. The highest BCUT2D eigenvalue weighted by Crippen LogP contribution is 2.17. The van der Waals surface area contributed by atoms with Gasteiger partial charge in [-0.05, 0) is 29.3 Å². The molecule has 1 unspecified atom stereocenters. The minimum atomic E-state index is -0.291. The first-order chi connectivity index (χ1) is 8.10. The molecule has 0 radical (unpaired) electrons. The van der Waals surface area contributed by atoms with Crippen LogP contribution in [0.25, 0.3) is 0 Å². The van der Waals surface area contributed by atoms with E-state index >= 15 is 0 Å². The number of rotatable bonds is 6. The van der Waals surface area contributed by atoms with E-state index in [1.807, 2.05) is 6.92 Å². The predicted octanol–water partition coefficient (Wildman–Crippen LogP) is 0.181. The summed E-state index contributed by atoms with van der Waals surface area (Å²) in [5.74, 6) is 0. The second kappa shape index (κ2) is 6.73. The fourth-order valence-corrected chi connectivity index (χ4v) is 1.77. The van der Waals surface area contributed by atoms with E-state index in [0.717, 1.165) is 0 Å². The number of anilines is 1. The molecule has 7 heteroatoms. The van der Waals surface area contributed by atoms with Gasteiger partial charge in [-0.1, -0.05) is 0 Å². The van der Waals surface area contributed by atoms with Crippen LogP contribution in [0.1, 0.15) is 13.3 Å². The third kappa shape index (κ3) is 3.79. The first-order valence-electron chi connectivity index (χ1n) is 5.34. The van der Waals surface area contributed by atoms with Gasteiger partial charge in [-0.15, -0.1) is 0 Å². The molecule has 6 nitrogen and oxygen atoms in total. The van der Waals surface area contributed by atoms with Gasteiger partial charge >= 0.3 is 0 Å². The highest BCUT2D eigenvalue weighted by molar-refractivity contribution is 9.10. The third-order valence-electron chi connectivity index (χ3n) is 2.26. The summed E-state index contributed by atoms with van der Waals surface area (Å²) in [5.41, 5.74) is 0.297. The van der Waals surface area contributed by atoms with Crippen LogP contribution in [-0.4, -0.2) is 39.2 Å². The topological polar surface area (TPSA) is 87.4 Å². The summed E-state index contributed by atoms with van der Waals surface area (Å²) >= 11 is 3.20. The second-order valence-electron chi connectivity index (χ2n) is 3.68. The van der Waals surface area contributed by atoms with Crippen LogP contribution < -0.4 is 10.9 Å². The van der Waals surface area contributed by atoms with Crippen LogP contribution in [0.5, 0.6) is 0 Å². The van der Waals surface area contributed by atoms with Crippen molar-refractivity contribution in [3.8, 4) is 0 Å². The van der Waals surface area contributed by atoms with E-state index < -0.39 is 0 Å². The summed E-state index contributed by atoms with van der Waals surface area (Å²) in [5, 5.41) is 24.6. The molecule has 0 saturated carbocycles. The Labute approximate surface area is 107 Å². The van der Waals surface area contributed by atoms with E-state index in [1.54, 1.807) is 0 Å². The maximum Gasteiger partial charge on any atom is 0.283 e. The zero-order valence-electron chi connectivity index (χ0n) is 9.56. The lowest BCUT2D eigenvalue weighted by Gasteiger charge is -2.15. The predicted molar refractivity (Wildman–Crippen MR) is 68.1 cm³/mol. The zero-order chi connectivity index (χ0) is 12.8. The van der Waals surface area contributed by atoms with E-state index in [9.17, 15) is 4.79 Å². The molecule has 0 aliphatic rings. The number of nitrogens with one attached hydrogen (secondary N) is 1. The SMILES string of the molecule is CC(CCO)Nc1cnn(CCO)c(=O)c1Br. The van der Waals surface area contributed by atoms with Crippen molar-refractivity contribution >= 4 is 21.6 Å². The van der Waals surface area contributed by atoms with Crippen LogP contribution in [0, 0.1) is 0 Å². The molecule has 3 N–H and O–H groups in total. The quantitative estimate of drug-likeness (QED) is 0.698. The Morgan fingerprint density at radius 2 is 2.24 bits per heavy atom. The van der Waals surface area contributed by atoms with Gasteiger partial charge in [0, 0.05) is 12.6 Å². The number of hydrogen-bond donors (Lipinski definition) is 3. The van der Waals surface area contributed by atoms with Crippen molar-refractivity contribution in [3.63, 3.8) is 0 Å². The van der Waals surface area contributed by atoms with Crippen molar-refractivity contribution < 1.29 is 10.2 Å². The van der Waals surface area contributed by atoms with Crippen LogP contribution in [0.4, 0.5) is 5.69 Å². The van der Waals surface area contributed by atoms with Gasteiger partial charge in [0.15, 0.2) is 0 Å². The summed E-state index contributed by atoms with van der Waals surface area (Å²) < 4.78 is 1.57. The molecular formula is C10H16BrN3O3. The van der Waals surface area contributed by atoms with Crippen molar-refractivity contribution in [1.29, 1.82) is 0 Å². The minimum absolute atomic E-state index is 0.0474. The van der Waals surface area contributed by atoms with Gasteiger partial charge < -0.3 is 15.5 Å². The Hall–Kier alpha value is -0.920. The molecule has 17 heavy (non-hydrogen) atoms. The van der Waals surface area contributed by atoms with E-state index in [2.05, 4.69) is 26.3 Å². The Kier molecular flexibility index (Phi) is 5.60. The van der Waals surface area contributed by atoms with E-state index in [0.29, 0.717) is 16.6 Å². The number of aliphatic hydroxyl groups excluding tert-OH is 2. The number of nitrogens with zero attached hydrogens (tertiary/aromatic N) is 2. The number of aliphatic hydroxyl groups is 2. The highest BCUT2D eigenvalue weighted by Gasteiger charge is 2.10. The Morgan fingerprint density at radius 1 is 1.53 bits per heavy atom. The van der Waals surface area contributed by atoms with Gasteiger partial charge in [-0.25, -0.2) is 4.68 Å². The van der Waals surface area contributed by atoms with Crippen LogP contribution in [0.15, 0.2) is 15.5 Å². The normalized spacial score (nSPS) is 12.5. The molecular weight excluding hydrogens is 290 g/mol. The fourth-order valence-electron chi connectivity index (χ4n) is 1.35. The van der Waals surface area contributed by atoms with E-state index in [4.69, 9.17) is 10.2 Å². The lowest BCUT2D eigenvalue weighted by Crippen LogP contribution is -2.27. The van der Waals surface area contributed by atoms with Crippen molar-refractivity contribution in [1.82, 2.24) is 9.78 Å². The smallest absolute Gasteiger partial charge is 0.283 e. The average molecular weight is 306 g/mol. The molecule has 0 spiro atoms. The molecule has 1 atom stereocenters. The number of aromatic nitrogens is 2. The molecule has 1 aromatic rings. The number of hydrogen-bond acceptors (Lipinski definition) is 5. The molecule has 0 saturated heterocycles. The van der Waals surface area contributed by atoms with Gasteiger partial charge in [0.05, 0.1) is 25.0 Å². The van der Waals surface area contributed by atoms with Crippen molar-refractivity contribution in [2.75, 3.05) is 18.5 Å². The monoisotopic (exact) mass is 305 g/mol. The standard InChI is InChI=1S/C10H16BrN3O3/c1-7(2-4-15)13-8-6-12-14(3-5-16)10(17)9(8)11/h6-7,13,15-16H,2-5H2,1H3. The largest absolute Gasteiger partial charge is 0.396 e. The lowest BCUT2D eigenvalue weighted by molar-refractivity contribution is 0.266. The molecule has 0 bridgehead atoms. The second-order valence-corrected chi connectivity index (χ2v) is 4.47. The van der Waals surface area contributed by atoms with Crippen molar-refractivity contribution in [3.05, 3.63) is 21.0 Å². The Morgan fingerprint density at radius 3 is 2.82 bits per heavy atom. The molecule has 0 aliphatic heterocycles. The van der Waals surface area contributed by atoms with E-state index in [1.165, 1.54) is 10.9 Å². The molecule has 0 fully saturated rings. The van der Waals surface area contributed by atoms with Crippen LogP contribution in [-0.2, 0) is 6.54 Å². The molecule has 1 aromatic heterocycles. The molecule has 1 rings (SSSR count). The van der Waals surface area contributed by atoms with Crippen molar-refractivity contribution in [2.24, 2.45) is 0 Å². The van der Waals surface area contributed by atoms with E-state index in [-0.39, 0.29) is 31.4 Å². The summed E-state index contributed by atoms with van der Waals surface area (Å²) in [6, 6.07) is 0.0474. The van der Waals surface area contributed by atoms with Gasteiger partial charge in [-0.3, -0.25) is 4.79 Å². The first kappa shape index (κ1) is 14.1.